The number of aryl methyl sites for hydroxylation is 1. The van der Waals surface area contributed by atoms with Crippen LogP contribution in [0.2, 0.25) is 0 Å². The number of rotatable bonds is 8. The summed E-state index contributed by atoms with van der Waals surface area (Å²) in [7, 11) is 1.54. The Hall–Kier alpha value is -2.58. The number of hydrogen-bond donors (Lipinski definition) is 2. The van der Waals surface area contributed by atoms with Crippen molar-refractivity contribution in [3.63, 3.8) is 0 Å². The van der Waals surface area contributed by atoms with Crippen molar-refractivity contribution in [2.24, 2.45) is 0 Å². The molecule has 1 amide bonds. The summed E-state index contributed by atoms with van der Waals surface area (Å²) in [5, 5.41) is 2.80. The number of benzene rings is 2. The van der Waals surface area contributed by atoms with E-state index in [0.717, 1.165) is 0 Å². The van der Waals surface area contributed by atoms with E-state index in [9.17, 15) is 13.2 Å². The Morgan fingerprint density at radius 2 is 1.78 bits per heavy atom. The van der Waals surface area contributed by atoms with Crippen LogP contribution in [0.3, 0.4) is 0 Å². The highest BCUT2D eigenvalue weighted by atomic mass is 32.2. The van der Waals surface area contributed by atoms with Crippen LogP contribution in [0.15, 0.2) is 47.4 Å². The van der Waals surface area contributed by atoms with Crippen LogP contribution in [0, 0.1) is 6.92 Å². The number of likely N-dealkylation sites (N-methyl/N-ethyl adjacent to an activating group) is 1. The molecule has 0 unspecified atom stereocenters. The van der Waals surface area contributed by atoms with Gasteiger partial charge < -0.3 is 15.0 Å². The lowest BCUT2D eigenvalue weighted by molar-refractivity contribution is 0.0950. The highest BCUT2D eigenvalue weighted by Gasteiger charge is 2.18. The highest BCUT2D eigenvalue weighted by molar-refractivity contribution is 7.92. The molecule has 0 aliphatic heterocycles. The molecule has 27 heavy (non-hydrogen) atoms. The van der Waals surface area contributed by atoms with Gasteiger partial charge in [0, 0.05) is 24.3 Å². The van der Waals surface area contributed by atoms with Gasteiger partial charge in [0.2, 0.25) is 0 Å². The fourth-order valence-corrected chi connectivity index (χ4v) is 3.46. The molecular weight excluding hydrogens is 366 g/mol. The lowest BCUT2D eigenvalue weighted by Gasteiger charge is -2.13. The third kappa shape index (κ3) is 5.70. The predicted octanol–water partition coefficient (Wildman–Crippen LogP) is 2.10. The number of nitrogens with zero attached hydrogens (tertiary/aromatic N) is 1. The van der Waals surface area contributed by atoms with Crippen LogP contribution in [0.1, 0.15) is 15.9 Å². The molecule has 2 aromatic carbocycles. The largest absolute Gasteiger partial charge is 0.497 e. The summed E-state index contributed by atoms with van der Waals surface area (Å²) in [5.41, 5.74) is 1.46. The second kappa shape index (κ2) is 8.88. The minimum atomic E-state index is -3.82. The number of ether oxygens (including phenoxy) is 1. The molecule has 0 radical (unpaired) electrons. The van der Waals surface area contributed by atoms with E-state index in [1.54, 1.807) is 37.3 Å². The van der Waals surface area contributed by atoms with Gasteiger partial charge in [0.05, 0.1) is 12.0 Å². The summed E-state index contributed by atoms with van der Waals surface area (Å²) in [6.07, 6.45) is 0. The van der Waals surface area contributed by atoms with Crippen molar-refractivity contribution in [1.82, 2.24) is 10.2 Å². The van der Waals surface area contributed by atoms with E-state index in [1.165, 1.54) is 19.2 Å². The number of hydrogen-bond acceptors (Lipinski definition) is 5. The van der Waals surface area contributed by atoms with Gasteiger partial charge in [-0.2, -0.15) is 0 Å². The second-order valence-corrected chi connectivity index (χ2v) is 8.05. The number of sulfonamides is 1. The normalized spacial score (nSPS) is 11.3. The van der Waals surface area contributed by atoms with Crippen molar-refractivity contribution in [2.45, 2.75) is 11.8 Å². The zero-order valence-corrected chi connectivity index (χ0v) is 16.8. The van der Waals surface area contributed by atoms with Crippen LogP contribution in [0.25, 0.3) is 0 Å². The molecule has 0 aliphatic carbocycles. The molecule has 0 saturated heterocycles. The molecular formula is C19H25N3O4S. The maximum Gasteiger partial charge on any atom is 0.261 e. The first-order valence-corrected chi connectivity index (χ1v) is 9.91. The average molecular weight is 391 g/mol. The van der Waals surface area contributed by atoms with Gasteiger partial charge in [-0.3, -0.25) is 9.52 Å². The molecule has 2 N–H and O–H groups in total. The molecule has 0 spiro atoms. The number of carbonyl (C=O) groups is 1. The summed E-state index contributed by atoms with van der Waals surface area (Å²) < 4.78 is 32.9. The number of amides is 1. The van der Waals surface area contributed by atoms with Crippen LogP contribution in [0.5, 0.6) is 5.75 Å². The Labute approximate surface area is 160 Å². The Kier molecular flexibility index (Phi) is 6.81. The van der Waals surface area contributed by atoms with Crippen molar-refractivity contribution in [2.75, 3.05) is 39.0 Å². The van der Waals surface area contributed by atoms with Gasteiger partial charge in [-0.05, 0) is 63.0 Å². The second-order valence-electron chi connectivity index (χ2n) is 6.37. The molecule has 8 heteroatoms. The van der Waals surface area contributed by atoms with Gasteiger partial charge in [-0.25, -0.2) is 8.42 Å². The number of nitrogens with one attached hydrogen (secondary N) is 2. The van der Waals surface area contributed by atoms with E-state index in [4.69, 9.17) is 4.74 Å². The van der Waals surface area contributed by atoms with Gasteiger partial charge in [0.25, 0.3) is 15.9 Å². The first kappa shape index (κ1) is 20.7. The summed E-state index contributed by atoms with van der Waals surface area (Å²) in [5.74, 6) is 0.334. The van der Waals surface area contributed by atoms with Gasteiger partial charge in [0.1, 0.15) is 5.75 Å². The molecule has 0 bridgehead atoms. The van der Waals surface area contributed by atoms with Gasteiger partial charge in [0.15, 0.2) is 0 Å². The van der Waals surface area contributed by atoms with Crippen LogP contribution < -0.4 is 14.8 Å². The van der Waals surface area contributed by atoms with Crippen LogP contribution in [0.4, 0.5) is 5.69 Å². The van der Waals surface area contributed by atoms with Crippen LogP contribution >= 0.6 is 0 Å². The molecule has 0 heterocycles. The zero-order chi connectivity index (χ0) is 20.0. The zero-order valence-electron chi connectivity index (χ0n) is 15.9. The van der Waals surface area contributed by atoms with E-state index < -0.39 is 10.0 Å². The quantitative estimate of drug-likeness (QED) is 0.720. The monoisotopic (exact) mass is 391 g/mol. The maximum absolute atomic E-state index is 12.7. The van der Waals surface area contributed by atoms with E-state index in [0.29, 0.717) is 35.7 Å². The third-order valence-electron chi connectivity index (χ3n) is 3.95. The minimum absolute atomic E-state index is 0.0293. The maximum atomic E-state index is 12.7. The summed E-state index contributed by atoms with van der Waals surface area (Å²) in [4.78, 5) is 14.4. The van der Waals surface area contributed by atoms with E-state index in [2.05, 4.69) is 10.0 Å². The number of methoxy groups -OCH3 is 1. The third-order valence-corrected chi connectivity index (χ3v) is 5.33. The van der Waals surface area contributed by atoms with Crippen LogP contribution in [-0.2, 0) is 10.0 Å². The van der Waals surface area contributed by atoms with Gasteiger partial charge in [-0.15, -0.1) is 0 Å². The van der Waals surface area contributed by atoms with Gasteiger partial charge in [-0.1, -0.05) is 6.07 Å². The molecule has 0 fully saturated rings. The molecule has 0 saturated carbocycles. The SMILES string of the molecule is COc1ccc(NS(=O)(=O)c2ccc(C)c(C(=O)NCCN(C)C)c2)cc1. The fraction of sp³-hybridized carbons (Fsp3) is 0.316. The summed E-state index contributed by atoms with van der Waals surface area (Å²) in [6.45, 7) is 2.95. The molecule has 0 atom stereocenters. The minimum Gasteiger partial charge on any atom is -0.497 e. The molecule has 146 valence electrons. The smallest absolute Gasteiger partial charge is 0.261 e. The average Bonchev–Trinajstić information content (AvgIpc) is 2.61. The molecule has 0 aliphatic rings. The Morgan fingerprint density at radius 3 is 2.37 bits per heavy atom. The lowest BCUT2D eigenvalue weighted by Crippen LogP contribution is -2.31. The van der Waals surface area contributed by atoms with Crippen LogP contribution in [-0.4, -0.2) is 53.5 Å². The molecule has 2 rings (SSSR count). The Morgan fingerprint density at radius 1 is 1.11 bits per heavy atom. The van der Waals surface area contributed by atoms with Crippen molar-refractivity contribution in [1.29, 1.82) is 0 Å². The van der Waals surface area contributed by atoms with Gasteiger partial charge >= 0.3 is 0 Å². The van der Waals surface area contributed by atoms with E-state index in [-0.39, 0.29) is 10.8 Å². The van der Waals surface area contributed by atoms with Crippen molar-refractivity contribution in [3.8, 4) is 5.75 Å². The molecule has 0 aromatic heterocycles. The standard InChI is InChI=1S/C19H25N3O4S/c1-14-5-10-17(13-18(14)19(23)20-11-12-22(2)3)27(24,25)21-15-6-8-16(26-4)9-7-15/h5-10,13,21H,11-12H2,1-4H3,(H,20,23). The Bertz CT molecular complexity index is 894. The predicted molar refractivity (Wildman–Crippen MR) is 106 cm³/mol. The topological polar surface area (TPSA) is 87.7 Å². The van der Waals surface area contributed by atoms with E-state index >= 15 is 0 Å². The molecule has 7 nitrogen and oxygen atoms in total. The summed E-state index contributed by atoms with van der Waals surface area (Å²) >= 11 is 0. The fourth-order valence-electron chi connectivity index (χ4n) is 2.37. The number of anilines is 1. The first-order chi connectivity index (χ1) is 12.7. The highest BCUT2D eigenvalue weighted by Crippen LogP contribution is 2.21. The molecule has 2 aromatic rings. The first-order valence-electron chi connectivity index (χ1n) is 8.43. The van der Waals surface area contributed by atoms with Crippen molar-refractivity contribution in [3.05, 3.63) is 53.6 Å². The Balaban J connectivity index is 2.20. The number of carbonyl (C=O) groups excluding carboxylic acids is 1. The van der Waals surface area contributed by atoms with Crippen molar-refractivity contribution < 1.29 is 17.9 Å². The lowest BCUT2D eigenvalue weighted by atomic mass is 10.1. The van der Waals surface area contributed by atoms with Crippen molar-refractivity contribution >= 4 is 21.6 Å². The van der Waals surface area contributed by atoms with E-state index in [1.807, 2.05) is 19.0 Å². The summed E-state index contributed by atoms with van der Waals surface area (Å²) in [6, 6.07) is 11.1.